The van der Waals surface area contributed by atoms with E-state index in [0.29, 0.717) is 5.56 Å². The van der Waals surface area contributed by atoms with E-state index >= 15 is 0 Å². The van der Waals surface area contributed by atoms with Crippen LogP contribution < -0.4 is 4.74 Å². The van der Waals surface area contributed by atoms with E-state index in [0.717, 1.165) is 0 Å². The van der Waals surface area contributed by atoms with Gasteiger partial charge in [0.05, 0.1) is 42.4 Å². The van der Waals surface area contributed by atoms with Crippen LogP contribution >= 0.6 is 23.2 Å². The molecule has 0 saturated carbocycles. The summed E-state index contributed by atoms with van der Waals surface area (Å²) in [6.07, 6.45) is -0.444. The molecule has 12 heteroatoms. The molecule has 2 saturated heterocycles. The monoisotopic (exact) mass is 610 g/mol. The molecule has 0 spiro atoms. The van der Waals surface area contributed by atoms with E-state index in [4.69, 9.17) is 56.4 Å². The van der Waals surface area contributed by atoms with Gasteiger partial charge in [-0.3, -0.25) is 9.59 Å². The van der Waals surface area contributed by atoms with Gasteiger partial charge in [-0.25, -0.2) is 4.79 Å². The lowest BCUT2D eigenvalue weighted by Crippen LogP contribution is -2.62. The predicted octanol–water partition coefficient (Wildman–Crippen LogP) is 3.58. The molecule has 2 aliphatic carbocycles. The number of esters is 1. The summed E-state index contributed by atoms with van der Waals surface area (Å²) in [5.74, 6) is -4.87. The first-order valence-electron chi connectivity index (χ1n) is 13.0. The summed E-state index contributed by atoms with van der Waals surface area (Å²) < 4.78 is 40.2. The Labute approximate surface area is 247 Å². The highest BCUT2D eigenvalue weighted by Crippen LogP contribution is 2.55. The Morgan fingerprint density at radius 2 is 1.66 bits per heavy atom. The minimum Gasteiger partial charge on any atom is -0.496 e. The third-order valence-electron chi connectivity index (χ3n) is 8.09. The smallest absolute Gasteiger partial charge is 0.338 e. The molecule has 2 unspecified atom stereocenters. The van der Waals surface area contributed by atoms with Crippen LogP contribution in [0.4, 0.5) is 0 Å². The maximum Gasteiger partial charge on any atom is 0.338 e. The number of hydrogen-bond donors (Lipinski definition) is 0. The molecule has 1 aromatic carbocycles. The Kier molecular flexibility index (Phi) is 7.91. The number of carbonyl (C=O) groups excluding carboxylic acids is 3. The van der Waals surface area contributed by atoms with Gasteiger partial charge in [0.15, 0.2) is 23.6 Å². The number of fused-ring (bicyclic) bond motifs is 2. The van der Waals surface area contributed by atoms with Gasteiger partial charge in [0.25, 0.3) is 0 Å². The van der Waals surface area contributed by atoms with E-state index in [1.54, 1.807) is 39.0 Å². The normalized spacial score (nSPS) is 35.9. The summed E-state index contributed by atoms with van der Waals surface area (Å²) >= 11 is 13.9. The highest BCUT2D eigenvalue weighted by atomic mass is 35.5. The van der Waals surface area contributed by atoms with Gasteiger partial charge >= 0.3 is 5.97 Å². The highest BCUT2D eigenvalue weighted by molar-refractivity contribution is 6.59. The van der Waals surface area contributed by atoms with E-state index in [1.165, 1.54) is 34.5 Å². The lowest BCUT2D eigenvalue weighted by atomic mass is 9.62. The van der Waals surface area contributed by atoms with Crippen molar-refractivity contribution in [2.45, 2.75) is 62.1 Å². The molecule has 41 heavy (non-hydrogen) atoms. The van der Waals surface area contributed by atoms with Gasteiger partial charge in [-0.15, -0.1) is 11.6 Å². The molecule has 2 aliphatic heterocycles. The van der Waals surface area contributed by atoms with Crippen molar-refractivity contribution < 1.29 is 47.5 Å². The fourth-order valence-electron chi connectivity index (χ4n) is 6.43. The lowest BCUT2D eigenvalue weighted by molar-refractivity contribution is -0.233. The minimum absolute atomic E-state index is 0.0119. The van der Waals surface area contributed by atoms with Crippen LogP contribution in [0.2, 0.25) is 0 Å². The number of aryl methyl sites for hydroxylation is 1. The zero-order chi connectivity index (χ0) is 30.0. The number of halogens is 2. The topological polar surface area (TPSA) is 116 Å². The van der Waals surface area contributed by atoms with Gasteiger partial charge in [0.2, 0.25) is 0 Å². The van der Waals surface area contributed by atoms with Crippen molar-refractivity contribution in [3.63, 3.8) is 0 Å². The molecular formula is C29H32Cl2O10. The molecule has 0 amide bonds. The summed E-state index contributed by atoms with van der Waals surface area (Å²) in [7, 11) is 5.47. The van der Waals surface area contributed by atoms with Crippen LogP contribution in [-0.4, -0.2) is 87.3 Å². The first kappa shape index (κ1) is 30.2. The number of hydrogen-bond acceptors (Lipinski definition) is 10. The summed E-state index contributed by atoms with van der Waals surface area (Å²) in [6.45, 7) is 5.29. The molecule has 4 aliphatic rings. The van der Waals surface area contributed by atoms with Crippen molar-refractivity contribution >= 4 is 46.3 Å². The van der Waals surface area contributed by atoms with Crippen molar-refractivity contribution in [2.24, 2.45) is 11.8 Å². The van der Waals surface area contributed by atoms with Crippen LogP contribution in [-0.2, 0) is 38.0 Å². The maximum atomic E-state index is 14.7. The molecule has 2 fully saturated rings. The summed E-state index contributed by atoms with van der Waals surface area (Å²) in [6, 6.07) is 3.17. The number of carbonyl (C=O) groups is 3. The van der Waals surface area contributed by atoms with Gasteiger partial charge in [0.1, 0.15) is 28.9 Å². The molecule has 0 bridgehead atoms. The van der Waals surface area contributed by atoms with Gasteiger partial charge in [0, 0.05) is 25.7 Å². The van der Waals surface area contributed by atoms with Gasteiger partial charge in [-0.2, -0.15) is 0 Å². The van der Waals surface area contributed by atoms with E-state index in [-0.39, 0.29) is 22.4 Å². The van der Waals surface area contributed by atoms with Crippen molar-refractivity contribution in [1.82, 2.24) is 0 Å². The fourth-order valence-corrected chi connectivity index (χ4v) is 7.33. The van der Waals surface area contributed by atoms with Crippen LogP contribution in [0.5, 0.6) is 5.75 Å². The quantitative estimate of drug-likeness (QED) is 0.269. The van der Waals surface area contributed by atoms with Crippen LogP contribution in [0, 0.1) is 18.8 Å². The van der Waals surface area contributed by atoms with E-state index < -0.39 is 75.8 Å². The third kappa shape index (κ3) is 4.55. The van der Waals surface area contributed by atoms with Crippen LogP contribution in [0.25, 0.3) is 5.57 Å². The Morgan fingerprint density at radius 1 is 0.976 bits per heavy atom. The number of benzene rings is 1. The van der Waals surface area contributed by atoms with Gasteiger partial charge in [-0.05, 0) is 38.5 Å². The number of Topliss-reactive ketones (excluding diaryl/α,β-unsaturated/α-hetero) is 2. The van der Waals surface area contributed by atoms with Crippen molar-refractivity contribution in [3.05, 3.63) is 46.0 Å². The largest absolute Gasteiger partial charge is 0.496 e. The zero-order valence-corrected chi connectivity index (χ0v) is 25.2. The van der Waals surface area contributed by atoms with Crippen molar-refractivity contribution in [2.75, 3.05) is 28.4 Å². The molecule has 222 valence electrons. The zero-order valence-electron chi connectivity index (χ0n) is 23.7. The number of methoxy groups -OCH3 is 4. The Bertz CT molecular complexity index is 1350. The standard InChI is InChI=1S/C29H32Cl2O10/c1-12-10-14(26(34)37-6)17(15(11-12)35-4)18-20(30)25(33)29(31)16(36-5)9-8-13(19(29)21(18)32)22-23-24(27(38-7)39-22)41-28(2,3)40-23/h8-11,13,16,19,22-24,27H,1-7H3/t13-,16?,19+,22-,23+,24+,27?,29-/m1/s1. The van der Waals surface area contributed by atoms with E-state index in [9.17, 15) is 14.4 Å². The predicted molar refractivity (Wildman–Crippen MR) is 147 cm³/mol. The van der Waals surface area contributed by atoms with E-state index in [2.05, 4.69) is 0 Å². The molecule has 10 nitrogen and oxygen atoms in total. The average Bonchev–Trinajstić information content (AvgIpc) is 3.43. The second-order valence-electron chi connectivity index (χ2n) is 10.9. The van der Waals surface area contributed by atoms with Crippen molar-refractivity contribution in [1.29, 1.82) is 0 Å². The molecular weight excluding hydrogens is 579 g/mol. The number of ether oxygens (including phenoxy) is 7. The van der Waals surface area contributed by atoms with Crippen LogP contribution in [0.3, 0.4) is 0 Å². The maximum absolute atomic E-state index is 14.7. The molecule has 0 aromatic heterocycles. The first-order valence-corrected chi connectivity index (χ1v) is 13.8. The number of rotatable bonds is 6. The summed E-state index contributed by atoms with van der Waals surface area (Å²) in [4.78, 5) is 39.8. The van der Waals surface area contributed by atoms with Crippen LogP contribution in [0.1, 0.15) is 35.3 Å². The minimum atomic E-state index is -1.92. The Hall–Kier alpha value is -2.31. The molecule has 0 radical (unpaired) electrons. The number of ketones is 2. The Balaban J connectivity index is 1.70. The molecule has 0 N–H and O–H groups in total. The SMILES string of the molecule is COC(=O)c1cc(C)cc(OC)c1C1=C(Cl)C(=O)[C@@]2(Cl)C(OC)C=C[C@@H]([C@H]3OC(OC)[C@H]4OC(C)(C)O[C@@H]34)[C@H]2C1=O. The highest BCUT2D eigenvalue weighted by Gasteiger charge is 2.66. The van der Waals surface area contributed by atoms with Crippen molar-refractivity contribution in [3.8, 4) is 5.75 Å². The first-order chi connectivity index (χ1) is 19.3. The molecule has 1 aromatic rings. The average molecular weight is 611 g/mol. The second-order valence-corrected chi connectivity index (χ2v) is 11.9. The van der Waals surface area contributed by atoms with Crippen LogP contribution in [0.15, 0.2) is 29.3 Å². The van der Waals surface area contributed by atoms with Gasteiger partial charge in [-0.1, -0.05) is 23.8 Å². The summed E-state index contributed by atoms with van der Waals surface area (Å²) in [5, 5.41) is -0.439. The summed E-state index contributed by atoms with van der Waals surface area (Å²) in [5.41, 5.74) is 0.514. The molecule has 2 heterocycles. The van der Waals surface area contributed by atoms with E-state index in [1.807, 2.05) is 0 Å². The third-order valence-corrected chi connectivity index (χ3v) is 9.07. The second kappa shape index (κ2) is 10.8. The number of alkyl halides is 1. The number of allylic oxidation sites excluding steroid dienone is 2. The fraction of sp³-hybridized carbons (Fsp3) is 0.552. The Morgan fingerprint density at radius 3 is 2.27 bits per heavy atom. The van der Waals surface area contributed by atoms with Gasteiger partial charge < -0.3 is 33.2 Å². The molecule has 8 atom stereocenters. The lowest BCUT2D eigenvalue weighted by Gasteiger charge is -2.47. The molecule has 5 rings (SSSR count).